The Morgan fingerprint density at radius 3 is 2.53 bits per heavy atom. The van der Waals surface area contributed by atoms with Crippen molar-refractivity contribution >= 4 is 0 Å². The molecule has 0 saturated carbocycles. The maximum Gasteiger partial charge on any atom is 0.123 e. The number of rotatable bonds is 9. The smallest absolute Gasteiger partial charge is 0.123 e. The molecule has 1 rings (SSSR count). The van der Waals surface area contributed by atoms with Crippen molar-refractivity contribution in [3.05, 3.63) is 29.8 Å². The van der Waals surface area contributed by atoms with Crippen molar-refractivity contribution in [2.45, 2.75) is 65.0 Å². The van der Waals surface area contributed by atoms with Crippen LogP contribution in [-0.4, -0.2) is 13.2 Å². The summed E-state index contributed by atoms with van der Waals surface area (Å²) in [6, 6.07) is 9.14. The van der Waals surface area contributed by atoms with Crippen molar-refractivity contribution in [3.8, 4) is 5.75 Å². The summed E-state index contributed by atoms with van der Waals surface area (Å²) in [6.07, 6.45) is 6.58. The largest absolute Gasteiger partial charge is 0.496 e. The van der Waals surface area contributed by atoms with Gasteiger partial charge in [-0.2, -0.15) is 0 Å². The van der Waals surface area contributed by atoms with E-state index >= 15 is 0 Å². The van der Waals surface area contributed by atoms with Crippen LogP contribution >= 0.6 is 0 Å². The molecule has 0 aromatic heterocycles. The van der Waals surface area contributed by atoms with Crippen molar-refractivity contribution in [1.29, 1.82) is 0 Å². The van der Waals surface area contributed by atoms with Gasteiger partial charge in [0.2, 0.25) is 0 Å². The zero-order valence-electron chi connectivity index (χ0n) is 12.9. The van der Waals surface area contributed by atoms with Crippen LogP contribution in [-0.2, 0) is 0 Å². The zero-order chi connectivity index (χ0) is 14.1. The van der Waals surface area contributed by atoms with Crippen LogP contribution < -0.4 is 10.1 Å². The van der Waals surface area contributed by atoms with Gasteiger partial charge in [-0.3, -0.25) is 0 Å². The number of benzene rings is 1. The van der Waals surface area contributed by atoms with Gasteiger partial charge < -0.3 is 10.1 Å². The summed E-state index contributed by atoms with van der Waals surface area (Å²) >= 11 is 0. The third-order valence-corrected chi connectivity index (χ3v) is 3.63. The molecular weight excluding hydrogens is 234 g/mol. The van der Waals surface area contributed by atoms with Gasteiger partial charge in [-0.25, -0.2) is 0 Å². The Morgan fingerprint density at radius 2 is 1.84 bits per heavy atom. The maximum atomic E-state index is 5.42. The molecule has 0 fully saturated rings. The highest BCUT2D eigenvalue weighted by Crippen LogP contribution is 2.25. The lowest BCUT2D eigenvalue weighted by molar-refractivity contribution is 0.390. The Labute approximate surface area is 118 Å². The van der Waals surface area contributed by atoms with Crippen LogP contribution in [0, 0.1) is 0 Å². The highest BCUT2D eigenvalue weighted by Gasteiger charge is 2.12. The summed E-state index contributed by atoms with van der Waals surface area (Å²) in [6.45, 7) is 6.74. The average Bonchev–Trinajstić information content (AvgIpc) is 2.43. The lowest BCUT2D eigenvalue weighted by Crippen LogP contribution is -2.29. The summed E-state index contributed by atoms with van der Waals surface area (Å²) in [5.74, 6) is 0.973. The van der Waals surface area contributed by atoms with Crippen LogP contribution in [0.1, 0.15) is 64.5 Å². The molecule has 2 nitrogen and oxygen atoms in total. The van der Waals surface area contributed by atoms with Gasteiger partial charge in [-0.15, -0.1) is 0 Å². The van der Waals surface area contributed by atoms with E-state index in [0.29, 0.717) is 12.1 Å². The van der Waals surface area contributed by atoms with Crippen LogP contribution in [0.25, 0.3) is 0 Å². The van der Waals surface area contributed by atoms with Gasteiger partial charge in [0.15, 0.2) is 0 Å². The first-order valence-electron chi connectivity index (χ1n) is 7.58. The number of methoxy groups -OCH3 is 1. The predicted octanol–water partition coefficient (Wildman–Crippen LogP) is 4.70. The molecule has 1 aromatic carbocycles. The molecule has 0 saturated heterocycles. The summed E-state index contributed by atoms with van der Waals surface area (Å²) in [5.41, 5.74) is 1.24. The normalized spacial score (nSPS) is 14.1. The van der Waals surface area contributed by atoms with Crippen molar-refractivity contribution in [3.63, 3.8) is 0 Å². The van der Waals surface area contributed by atoms with Crippen LogP contribution in [0.2, 0.25) is 0 Å². The fourth-order valence-electron chi connectivity index (χ4n) is 2.50. The minimum Gasteiger partial charge on any atom is -0.496 e. The Morgan fingerprint density at radius 1 is 1.11 bits per heavy atom. The Hall–Kier alpha value is -1.02. The quantitative estimate of drug-likeness (QED) is 0.652. The second kappa shape index (κ2) is 8.98. The standard InChI is InChI=1S/C17H29NO/c1-5-6-7-8-11-14(2)18-15(3)16-12-9-10-13-17(16)19-4/h9-10,12-15,18H,5-8,11H2,1-4H3/t14?,15-/m1/s1. The van der Waals surface area contributed by atoms with E-state index in [4.69, 9.17) is 4.74 Å². The van der Waals surface area contributed by atoms with Crippen molar-refractivity contribution in [1.82, 2.24) is 5.32 Å². The fourth-order valence-corrected chi connectivity index (χ4v) is 2.50. The summed E-state index contributed by atoms with van der Waals surface area (Å²) in [5, 5.41) is 3.67. The molecule has 108 valence electrons. The molecule has 0 spiro atoms. The second-order valence-electron chi connectivity index (χ2n) is 5.38. The first-order valence-corrected chi connectivity index (χ1v) is 7.58. The van der Waals surface area contributed by atoms with Gasteiger partial charge in [0.1, 0.15) is 5.75 Å². The van der Waals surface area contributed by atoms with Crippen molar-refractivity contribution < 1.29 is 4.74 Å². The number of unbranched alkanes of at least 4 members (excludes halogenated alkanes) is 3. The number of hydrogen-bond donors (Lipinski definition) is 1. The lowest BCUT2D eigenvalue weighted by Gasteiger charge is -2.22. The topological polar surface area (TPSA) is 21.3 Å². The highest BCUT2D eigenvalue weighted by atomic mass is 16.5. The van der Waals surface area contributed by atoms with Crippen molar-refractivity contribution in [2.75, 3.05) is 7.11 Å². The molecule has 0 aliphatic rings. The third-order valence-electron chi connectivity index (χ3n) is 3.63. The summed E-state index contributed by atoms with van der Waals surface area (Å²) in [7, 11) is 1.74. The predicted molar refractivity (Wildman–Crippen MR) is 82.8 cm³/mol. The molecule has 0 bridgehead atoms. The molecule has 19 heavy (non-hydrogen) atoms. The Balaban J connectivity index is 2.42. The van der Waals surface area contributed by atoms with E-state index in [1.54, 1.807) is 7.11 Å². The molecular formula is C17H29NO. The van der Waals surface area contributed by atoms with E-state index in [1.807, 2.05) is 12.1 Å². The number of ether oxygens (including phenoxy) is 1. The first kappa shape index (κ1) is 16.0. The van der Waals surface area contributed by atoms with E-state index in [1.165, 1.54) is 37.7 Å². The number of nitrogens with one attached hydrogen (secondary N) is 1. The molecule has 0 aliphatic carbocycles. The van der Waals surface area contributed by atoms with Gasteiger partial charge in [0.05, 0.1) is 7.11 Å². The van der Waals surface area contributed by atoms with Crippen LogP contribution in [0.15, 0.2) is 24.3 Å². The number of hydrogen-bond acceptors (Lipinski definition) is 2. The summed E-state index contributed by atoms with van der Waals surface area (Å²) < 4.78 is 5.42. The van der Waals surface area contributed by atoms with Crippen molar-refractivity contribution in [2.24, 2.45) is 0 Å². The van der Waals surface area contributed by atoms with Crippen LogP contribution in [0.3, 0.4) is 0 Å². The Kier molecular flexibility index (Phi) is 7.57. The SMILES string of the molecule is CCCCCCC(C)N[C@H](C)c1ccccc1OC. The molecule has 0 heterocycles. The van der Waals surface area contributed by atoms with E-state index in [9.17, 15) is 0 Å². The zero-order valence-corrected chi connectivity index (χ0v) is 12.9. The van der Waals surface area contributed by atoms with E-state index < -0.39 is 0 Å². The van der Waals surface area contributed by atoms with Gasteiger partial charge in [-0.1, -0.05) is 50.8 Å². The second-order valence-corrected chi connectivity index (χ2v) is 5.38. The minimum absolute atomic E-state index is 0.331. The first-order chi connectivity index (χ1) is 9.19. The highest BCUT2D eigenvalue weighted by molar-refractivity contribution is 5.35. The molecule has 1 unspecified atom stereocenters. The minimum atomic E-state index is 0.331. The monoisotopic (exact) mass is 263 g/mol. The fraction of sp³-hybridized carbons (Fsp3) is 0.647. The van der Waals surface area contributed by atoms with Gasteiger partial charge in [-0.05, 0) is 26.3 Å². The molecule has 0 amide bonds. The van der Waals surface area contributed by atoms with E-state index in [0.717, 1.165) is 5.75 Å². The molecule has 2 atom stereocenters. The third kappa shape index (κ3) is 5.65. The molecule has 1 aromatic rings. The average molecular weight is 263 g/mol. The summed E-state index contributed by atoms with van der Waals surface area (Å²) in [4.78, 5) is 0. The van der Waals surface area contributed by atoms with Gasteiger partial charge >= 0.3 is 0 Å². The van der Waals surface area contributed by atoms with E-state index in [2.05, 4.69) is 38.2 Å². The maximum absolute atomic E-state index is 5.42. The molecule has 0 aliphatic heterocycles. The Bertz CT molecular complexity index is 351. The van der Waals surface area contributed by atoms with Crippen LogP contribution in [0.4, 0.5) is 0 Å². The number of para-hydroxylation sites is 1. The molecule has 0 radical (unpaired) electrons. The van der Waals surface area contributed by atoms with E-state index in [-0.39, 0.29) is 0 Å². The lowest BCUT2D eigenvalue weighted by atomic mass is 10.0. The van der Waals surface area contributed by atoms with Gasteiger partial charge in [0, 0.05) is 17.6 Å². The van der Waals surface area contributed by atoms with Crippen LogP contribution in [0.5, 0.6) is 5.75 Å². The van der Waals surface area contributed by atoms with Gasteiger partial charge in [0.25, 0.3) is 0 Å². The molecule has 1 N–H and O–H groups in total. The molecule has 2 heteroatoms.